The van der Waals surface area contributed by atoms with Crippen LogP contribution in [-0.2, 0) is 0 Å². The molecule has 1 aliphatic rings. The first-order valence-electron chi connectivity index (χ1n) is 9.79. The third kappa shape index (κ3) is 10.7. The molecule has 0 atom stereocenters. The van der Waals surface area contributed by atoms with E-state index in [-0.39, 0.29) is 0 Å². The topological polar surface area (TPSA) is 0 Å². The van der Waals surface area contributed by atoms with Gasteiger partial charge >= 0.3 is 0 Å². The van der Waals surface area contributed by atoms with E-state index in [4.69, 9.17) is 0 Å². The highest BCUT2D eigenvalue weighted by Gasteiger charge is 2.13. The summed E-state index contributed by atoms with van der Waals surface area (Å²) in [5, 5.41) is 0. The zero-order valence-corrected chi connectivity index (χ0v) is 14.5. The molecular weight excluding hydrogens is 240 g/mol. The van der Waals surface area contributed by atoms with Crippen LogP contribution in [0.3, 0.4) is 0 Å². The standard InChI is InChI=1S/C20H40/c1-19(2)15-11-9-7-5-3-4-6-8-10-12-16-20-17-13-14-18-20/h19-20H,3-18H2,1-2H3. The van der Waals surface area contributed by atoms with Gasteiger partial charge in [0.25, 0.3) is 0 Å². The van der Waals surface area contributed by atoms with E-state index in [2.05, 4.69) is 13.8 Å². The summed E-state index contributed by atoms with van der Waals surface area (Å²) in [4.78, 5) is 0. The summed E-state index contributed by atoms with van der Waals surface area (Å²) in [6.45, 7) is 4.68. The lowest BCUT2D eigenvalue weighted by Gasteiger charge is -2.08. The summed E-state index contributed by atoms with van der Waals surface area (Å²) < 4.78 is 0. The lowest BCUT2D eigenvalue weighted by Crippen LogP contribution is -1.92. The Morgan fingerprint density at radius 2 is 1.10 bits per heavy atom. The predicted molar refractivity (Wildman–Crippen MR) is 92.2 cm³/mol. The third-order valence-corrected chi connectivity index (χ3v) is 5.12. The van der Waals surface area contributed by atoms with Crippen LogP contribution in [0, 0.1) is 11.8 Å². The maximum Gasteiger partial charge on any atom is -0.0414 e. The Balaban J connectivity index is 1.68. The molecule has 0 nitrogen and oxygen atoms in total. The Morgan fingerprint density at radius 1 is 0.650 bits per heavy atom. The Bertz CT molecular complexity index is 188. The first kappa shape index (κ1) is 18.1. The fraction of sp³-hybridized carbons (Fsp3) is 1.00. The van der Waals surface area contributed by atoms with Crippen molar-refractivity contribution in [3.05, 3.63) is 0 Å². The number of rotatable bonds is 13. The summed E-state index contributed by atoms with van der Waals surface area (Å²) in [7, 11) is 0. The molecule has 0 aromatic rings. The van der Waals surface area contributed by atoms with Crippen molar-refractivity contribution < 1.29 is 0 Å². The monoisotopic (exact) mass is 280 g/mol. The van der Waals surface area contributed by atoms with E-state index in [1.165, 1.54) is 103 Å². The van der Waals surface area contributed by atoms with Crippen LogP contribution in [0.25, 0.3) is 0 Å². The van der Waals surface area contributed by atoms with Crippen LogP contribution in [0.2, 0.25) is 0 Å². The molecule has 0 N–H and O–H groups in total. The second-order valence-corrected chi connectivity index (χ2v) is 7.66. The van der Waals surface area contributed by atoms with Gasteiger partial charge < -0.3 is 0 Å². The van der Waals surface area contributed by atoms with Gasteiger partial charge in [0.2, 0.25) is 0 Å². The highest BCUT2D eigenvalue weighted by Crippen LogP contribution is 2.29. The molecule has 0 radical (unpaired) electrons. The van der Waals surface area contributed by atoms with Gasteiger partial charge in [-0.2, -0.15) is 0 Å². The smallest absolute Gasteiger partial charge is 0.0414 e. The molecule has 0 heteroatoms. The Labute approximate surface area is 129 Å². The van der Waals surface area contributed by atoms with Crippen molar-refractivity contribution in [1.82, 2.24) is 0 Å². The largest absolute Gasteiger partial charge is 0.0628 e. The Kier molecular flexibility index (Phi) is 11.5. The highest BCUT2D eigenvalue weighted by atomic mass is 14.2. The molecular formula is C20H40. The molecule has 0 aromatic carbocycles. The fourth-order valence-electron chi connectivity index (χ4n) is 3.70. The first-order valence-corrected chi connectivity index (χ1v) is 9.79. The molecule has 1 aliphatic carbocycles. The zero-order chi connectivity index (χ0) is 14.5. The van der Waals surface area contributed by atoms with Gasteiger partial charge in [0.15, 0.2) is 0 Å². The van der Waals surface area contributed by atoms with E-state index < -0.39 is 0 Å². The molecule has 0 spiro atoms. The van der Waals surface area contributed by atoms with Gasteiger partial charge in [-0.25, -0.2) is 0 Å². The van der Waals surface area contributed by atoms with Crippen molar-refractivity contribution in [2.45, 2.75) is 117 Å². The maximum absolute atomic E-state index is 2.34. The van der Waals surface area contributed by atoms with Crippen molar-refractivity contribution in [3.63, 3.8) is 0 Å². The van der Waals surface area contributed by atoms with Crippen LogP contribution in [0.4, 0.5) is 0 Å². The van der Waals surface area contributed by atoms with Gasteiger partial charge in [-0.3, -0.25) is 0 Å². The first-order chi connectivity index (χ1) is 9.79. The molecule has 0 saturated heterocycles. The second kappa shape index (κ2) is 12.7. The molecule has 0 bridgehead atoms. The lowest BCUT2D eigenvalue weighted by molar-refractivity contribution is 0.459. The van der Waals surface area contributed by atoms with Gasteiger partial charge in [0.1, 0.15) is 0 Å². The van der Waals surface area contributed by atoms with E-state index in [9.17, 15) is 0 Å². The summed E-state index contributed by atoms with van der Waals surface area (Å²) >= 11 is 0. The van der Waals surface area contributed by atoms with Crippen LogP contribution in [0.15, 0.2) is 0 Å². The molecule has 0 amide bonds. The van der Waals surface area contributed by atoms with E-state index >= 15 is 0 Å². The molecule has 0 heterocycles. The van der Waals surface area contributed by atoms with Crippen molar-refractivity contribution in [2.24, 2.45) is 11.8 Å². The minimum absolute atomic E-state index is 0.902. The third-order valence-electron chi connectivity index (χ3n) is 5.12. The SMILES string of the molecule is CC(C)CCCCCCCCCCCCC1CCCC1. The molecule has 20 heavy (non-hydrogen) atoms. The fourth-order valence-corrected chi connectivity index (χ4v) is 3.70. The van der Waals surface area contributed by atoms with Gasteiger partial charge in [0, 0.05) is 0 Å². The summed E-state index contributed by atoms with van der Waals surface area (Å²) in [5.74, 6) is 2.01. The van der Waals surface area contributed by atoms with Crippen LogP contribution in [-0.4, -0.2) is 0 Å². The predicted octanol–water partition coefficient (Wildman–Crippen LogP) is 7.51. The molecule has 0 aromatic heterocycles. The number of hydrogen-bond acceptors (Lipinski definition) is 0. The minimum atomic E-state index is 0.902. The normalized spacial score (nSPS) is 16.4. The molecule has 120 valence electrons. The van der Waals surface area contributed by atoms with E-state index in [0.29, 0.717) is 0 Å². The Hall–Kier alpha value is 0. The van der Waals surface area contributed by atoms with Crippen LogP contribution in [0.5, 0.6) is 0 Å². The van der Waals surface area contributed by atoms with Gasteiger partial charge in [-0.1, -0.05) is 117 Å². The highest BCUT2D eigenvalue weighted by molar-refractivity contribution is 4.67. The minimum Gasteiger partial charge on any atom is -0.0628 e. The van der Waals surface area contributed by atoms with Gasteiger partial charge in [-0.05, 0) is 11.8 Å². The zero-order valence-electron chi connectivity index (χ0n) is 14.5. The number of hydrogen-bond donors (Lipinski definition) is 0. The van der Waals surface area contributed by atoms with Gasteiger partial charge in [-0.15, -0.1) is 0 Å². The lowest BCUT2D eigenvalue weighted by atomic mass is 9.98. The quantitative estimate of drug-likeness (QED) is 0.306. The van der Waals surface area contributed by atoms with Crippen LogP contribution < -0.4 is 0 Å². The molecule has 1 rings (SSSR count). The molecule has 0 aliphatic heterocycles. The van der Waals surface area contributed by atoms with Crippen LogP contribution in [0.1, 0.15) is 117 Å². The average Bonchev–Trinajstić information content (AvgIpc) is 2.93. The van der Waals surface area contributed by atoms with E-state index in [1.807, 2.05) is 0 Å². The van der Waals surface area contributed by atoms with E-state index in [1.54, 1.807) is 0 Å². The molecule has 0 unspecified atom stereocenters. The summed E-state index contributed by atoms with van der Waals surface area (Å²) in [5.41, 5.74) is 0. The number of unbranched alkanes of at least 4 members (excludes halogenated alkanes) is 9. The maximum atomic E-state index is 2.34. The van der Waals surface area contributed by atoms with Crippen molar-refractivity contribution in [1.29, 1.82) is 0 Å². The summed E-state index contributed by atoms with van der Waals surface area (Å²) in [6, 6.07) is 0. The van der Waals surface area contributed by atoms with Crippen molar-refractivity contribution >= 4 is 0 Å². The summed E-state index contributed by atoms with van der Waals surface area (Å²) in [6.07, 6.45) is 24.0. The Morgan fingerprint density at radius 3 is 1.60 bits per heavy atom. The molecule has 1 fully saturated rings. The van der Waals surface area contributed by atoms with Gasteiger partial charge in [0.05, 0.1) is 0 Å². The second-order valence-electron chi connectivity index (χ2n) is 7.66. The van der Waals surface area contributed by atoms with Crippen molar-refractivity contribution in [2.75, 3.05) is 0 Å². The molecule has 1 saturated carbocycles. The van der Waals surface area contributed by atoms with E-state index in [0.717, 1.165) is 11.8 Å². The van der Waals surface area contributed by atoms with Crippen molar-refractivity contribution in [3.8, 4) is 0 Å². The average molecular weight is 281 g/mol. The van der Waals surface area contributed by atoms with Crippen LogP contribution >= 0.6 is 0 Å².